The molecule has 2 heterocycles. The third kappa shape index (κ3) is 3.09. The molecule has 2 aliphatic rings. The number of fused-ring (bicyclic) bond motifs is 2. The summed E-state index contributed by atoms with van der Waals surface area (Å²) in [5.74, 6) is -1.15. The number of hydrogen-bond acceptors (Lipinski definition) is 7. The minimum atomic E-state index is -3.89. The van der Waals surface area contributed by atoms with Crippen LogP contribution >= 0.6 is 0 Å². The van der Waals surface area contributed by atoms with Gasteiger partial charge in [0.2, 0.25) is 0 Å². The average Bonchev–Trinajstić information content (AvgIpc) is 3.04. The van der Waals surface area contributed by atoms with Crippen molar-refractivity contribution < 1.29 is 26.4 Å². The van der Waals surface area contributed by atoms with E-state index < -0.39 is 31.9 Å². The normalized spacial score (nSPS) is 18.7. The Morgan fingerprint density at radius 1 is 0.700 bits per heavy atom. The minimum absolute atomic E-state index is 0.0100. The molecule has 0 fully saturated rings. The van der Waals surface area contributed by atoms with E-state index in [4.69, 9.17) is 0 Å². The molecule has 158 valence electrons. The number of likely N-dealkylation sites (N-methyl/N-ethyl adjacent to an activating group) is 1. The molecule has 2 aromatic rings. The zero-order valence-corrected chi connectivity index (χ0v) is 17.7. The number of nitrogens with zero attached hydrogens (tertiary/aromatic N) is 3. The highest BCUT2D eigenvalue weighted by Crippen LogP contribution is 2.30. The van der Waals surface area contributed by atoms with E-state index in [1.807, 2.05) is 0 Å². The molecule has 0 unspecified atom stereocenters. The fraction of sp³-hybridized carbons (Fsp3) is 0.263. The van der Waals surface area contributed by atoms with Gasteiger partial charge in [-0.3, -0.25) is 9.59 Å². The molecule has 2 aliphatic heterocycles. The third-order valence-corrected chi connectivity index (χ3v) is 8.87. The SMILES string of the molecule is CN(CCN1C(=O)c2ccccc2S1(=O)=O)CCN1C(=O)c2ccccc2S1(=O)=O. The predicted octanol–water partition coefficient (Wildman–Crippen LogP) is 0.608. The van der Waals surface area contributed by atoms with Crippen molar-refractivity contribution in [2.45, 2.75) is 9.79 Å². The summed E-state index contributed by atoms with van der Waals surface area (Å²) in [4.78, 5) is 26.5. The lowest BCUT2D eigenvalue weighted by molar-refractivity contribution is 0.0857. The van der Waals surface area contributed by atoms with Crippen LogP contribution in [0.4, 0.5) is 0 Å². The molecule has 30 heavy (non-hydrogen) atoms. The molecule has 4 rings (SSSR count). The van der Waals surface area contributed by atoms with Gasteiger partial charge < -0.3 is 4.90 Å². The maximum absolute atomic E-state index is 12.6. The van der Waals surface area contributed by atoms with Crippen molar-refractivity contribution in [1.82, 2.24) is 13.5 Å². The minimum Gasteiger partial charge on any atom is -0.303 e. The van der Waals surface area contributed by atoms with Gasteiger partial charge in [-0.1, -0.05) is 24.3 Å². The molecule has 0 atom stereocenters. The van der Waals surface area contributed by atoms with Crippen molar-refractivity contribution in [3.63, 3.8) is 0 Å². The Kier molecular flexibility index (Phi) is 4.91. The Morgan fingerprint density at radius 3 is 1.43 bits per heavy atom. The van der Waals surface area contributed by atoms with E-state index >= 15 is 0 Å². The van der Waals surface area contributed by atoms with E-state index in [9.17, 15) is 26.4 Å². The first-order valence-electron chi connectivity index (χ1n) is 9.16. The first kappa shape index (κ1) is 20.5. The lowest BCUT2D eigenvalue weighted by Crippen LogP contribution is -2.41. The highest BCUT2D eigenvalue weighted by atomic mass is 32.2. The molecular weight excluding hydrogens is 430 g/mol. The van der Waals surface area contributed by atoms with Crippen LogP contribution in [0.3, 0.4) is 0 Å². The van der Waals surface area contributed by atoms with Crippen LogP contribution in [0, 0.1) is 0 Å². The summed E-state index contributed by atoms with van der Waals surface area (Å²) in [6.07, 6.45) is 0. The topological polar surface area (TPSA) is 112 Å². The molecule has 0 spiro atoms. The molecule has 9 nitrogen and oxygen atoms in total. The molecule has 0 radical (unpaired) electrons. The standard InChI is InChI=1S/C19H19N3O6S2/c1-20(10-12-21-18(23)14-6-2-4-8-16(14)29(21,25)26)11-13-22-19(24)15-7-3-5-9-17(15)30(22,27)28/h2-9H,10-13H2,1H3. The first-order chi connectivity index (χ1) is 14.2. The Hall–Kier alpha value is -2.76. The quantitative estimate of drug-likeness (QED) is 0.635. The molecule has 0 aromatic heterocycles. The molecule has 0 saturated heterocycles. The van der Waals surface area contributed by atoms with E-state index in [0.717, 1.165) is 8.61 Å². The molecule has 0 N–H and O–H groups in total. The molecule has 0 aliphatic carbocycles. The highest BCUT2D eigenvalue weighted by molar-refractivity contribution is 7.90. The molecule has 2 aromatic carbocycles. The fourth-order valence-electron chi connectivity index (χ4n) is 3.54. The van der Waals surface area contributed by atoms with Gasteiger partial charge in [-0.25, -0.2) is 25.4 Å². The van der Waals surface area contributed by atoms with Crippen LogP contribution in [0.1, 0.15) is 20.7 Å². The smallest absolute Gasteiger partial charge is 0.269 e. The van der Waals surface area contributed by atoms with E-state index in [2.05, 4.69) is 0 Å². The van der Waals surface area contributed by atoms with Gasteiger partial charge in [-0.05, 0) is 31.3 Å². The Labute approximate surface area is 174 Å². The van der Waals surface area contributed by atoms with Gasteiger partial charge in [-0.15, -0.1) is 0 Å². The van der Waals surface area contributed by atoms with Crippen molar-refractivity contribution in [1.29, 1.82) is 0 Å². The van der Waals surface area contributed by atoms with Crippen molar-refractivity contribution >= 4 is 31.9 Å². The summed E-state index contributed by atoms with van der Waals surface area (Å²) in [5.41, 5.74) is 0.290. The molecule has 0 bridgehead atoms. The number of amides is 2. The maximum Gasteiger partial charge on any atom is 0.269 e. The highest BCUT2D eigenvalue weighted by Gasteiger charge is 2.42. The Balaban J connectivity index is 1.40. The maximum atomic E-state index is 12.6. The van der Waals surface area contributed by atoms with Gasteiger partial charge in [0, 0.05) is 13.1 Å². The first-order valence-corrected chi connectivity index (χ1v) is 12.0. The molecule has 2 amide bonds. The molecular formula is C19H19N3O6S2. The van der Waals surface area contributed by atoms with Crippen molar-refractivity contribution in [3.8, 4) is 0 Å². The average molecular weight is 450 g/mol. The predicted molar refractivity (Wildman–Crippen MR) is 107 cm³/mol. The van der Waals surface area contributed by atoms with Gasteiger partial charge in [0.15, 0.2) is 0 Å². The van der Waals surface area contributed by atoms with Gasteiger partial charge in [0.05, 0.1) is 24.2 Å². The Morgan fingerprint density at radius 2 is 1.07 bits per heavy atom. The van der Waals surface area contributed by atoms with Crippen LogP contribution in [-0.4, -0.2) is 75.4 Å². The second-order valence-corrected chi connectivity index (χ2v) is 10.7. The summed E-state index contributed by atoms with van der Waals surface area (Å²) < 4.78 is 52.0. The van der Waals surface area contributed by atoms with E-state index in [1.54, 1.807) is 36.2 Å². The second kappa shape index (κ2) is 7.18. The van der Waals surface area contributed by atoms with E-state index in [1.165, 1.54) is 24.3 Å². The zero-order chi connectivity index (χ0) is 21.7. The van der Waals surface area contributed by atoms with Crippen LogP contribution in [0.25, 0.3) is 0 Å². The van der Waals surface area contributed by atoms with Crippen molar-refractivity contribution in [2.75, 3.05) is 33.2 Å². The van der Waals surface area contributed by atoms with Gasteiger partial charge >= 0.3 is 0 Å². The number of rotatable bonds is 6. The van der Waals surface area contributed by atoms with Crippen LogP contribution in [0.15, 0.2) is 58.3 Å². The number of sulfonamides is 2. The number of benzene rings is 2. The molecule has 11 heteroatoms. The number of carbonyl (C=O) groups excluding carboxylic acids is 2. The number of carbonyl (C=O) groups is 2. The van der Waals surface area contributed by atoms with Gasteiger partial charge in [-0.2, -0.15) is 0 Å². The summed E-state index contributed by atoms with van der Waals surface area (Å²) in [5, 5.41) is 0. The summed E-state index contributed by atoms with van der Waals surface area (Å²) in [6.45, 7) is 0.225. The monoisotopic (exact) mass is 449 g/mol. The molecule has 0 saturated carbocycles. The second-order valence-electron chi connectivity index (χ2n) is 7.06. The van der Waals surface area contributed by atoms with Crippen LogP contribution in [0.5, 0.6) is 0 Å². The van der Waals surface area contributed by atoms with E-state index in [0.29, 0.717) is 0 Å². The van der Waals surface area contributed by atoms with Crippen molar-refractivity contribution in [2.24, 2.45) is 0 Å². The third-order valence-electron chi connectivity index (χ3n) is 5.19. The summed E-state index contributed by atoms with van der Waals surface area (Å²) >= 11 is 0. The van der Waals surface area contributed by atoms with Crippen molar-refractivity contribution in [3.05, 3.63) is 59.7 Å². The lowest BCUT2D eigenvalue weighted by Gasteiger charge is -2.23. The zero-order valence-electron chi connectivity index (χ0n) is 16.1. The lowest BCUT2D eigenvalue weighted by atomic mass is 10.2. The van der Waals surface area contributed by atoms with Crippen LogP contribution < -0.4 is 0 Å². The van der Waals surface area contributed by atoms with Gasteiger partial charge in [0.25, 0.3) is 31.9 Å². The van der Waals surface area contributed by atoms with Crippen LogP contribution in [-0.2, 0) is 20.0 Å². The van der Waals surface area contributed by atoms with E-state index in [-0.39, 0.29) is 47.1 Å². The number of hydrogen-bond donors (Lipinski definition) is 0. The van der Waals surface area contributed by atoms with Gasteiger partial charge in [0.1, 0.15) is 9.79 Å². The summed E-state index contributed by atoms with van der Waals surface area (Å²) in [7, 11) is -6.11. The fourth-order valence-corrected chi connectivity index (χ4v) is 6.66. The Bertz CT molecular complexity index is 1160. The largest absolute Gasteiger partial charge is 0.303 e. The summed E-state index contributed by atoms with van der Waals surface area (Å²) in [6, 6.07) is 12.1. The van der Waals surface area contributed by atoms with Crippen LogP contribution in [0.2, 0.25) is 0 Å².